The lowest BCUT2D eigenvalue weighted by atomic mass is 9.93. The third kappa shape index (κ3) is 4.65. The average molecular weight is 411 g/mol. The first-order valence-corrected chi connectivity index (χ1v) is 9.85. The van der Waals surface area contributed by atoms with E-state index in [0.29, 0.717) is 12.2 Å². The summed E-state index contributed by atoms with van der Waals surface area (Å²) < 4.78 is 11.0. The van der Waals surface area contributed by atoms with Crippen LogP contribution in [-0.4, -0.2) is 41.1 Å². The molecule has 0 fully saturated rings. The van der Waals surface area contributed by atoms with E-state index >= 15 is 0 Å². The molecule has 0 radical (unpaired) electrons. The van der Waals surface area contributed by atoms with E-state index in [4.69, 9.17) is 9.47 Å². The van der Waals surface area contributed by atoms with Crippen LogP contribution in [0.1, 0.15) is 15.9 Å². The molecule has 31 heavy (non-hydrogen) atoms. The summed E-state index contributed by atoms with van der Waals surface area (Å²) in [5.74, 6) is 0.0712. The van der Waals surface area contributed by atoms with E-state index in [1.165, 1.54) is 12.4 Å². The minimum Gasteiger partial charge on any atom is -0.475 e. The summed E-state index contributed by atoms with van der Waals surface area (Å²) >= 11 is 0. The molecule has 4 rings (SSSR count). The molecule has 0 saturated carbocycles. The molecule has 6 nitrogen and oxygen atoms in total. The summed E-state index contributed by atoms with van der Waals surface area (Å²) in [7, 11) is 1.60. The number of hydrogen-bond acceptors (Lipinski definition) is 6. The van der Waals surface area contributed by atoms with Crippen LogP contribution in [0.5, 0.6) is 5.88 Å². The van der Waals surface area contributed by atoms with Crippen LogP contribution in [0.3, 0.4) is 0 Å². The molecule has 154 valence electrons. The molecule has 0 unspecified atom stereocenters. The van der Waals surface area contributed by atoms with Gasteiger partial charge in [0.1, 0.15) is 12.9 Å². The van der Waals surface area contributed by atoms with Gasteiger partial charge in [-0.15, -0.1) is 0 Å². The fourth-order valence-electron chi connectivity index (χ4n) is 3.30. The first-order valence-electron chi connectivity index (χ1n) is 9.85. The van der Waals surface area contributed by atoms with Crippen LogP contribution < -0.4 is 4.74 Å². The van der Waals surface area contributed by atoms with Gasteiger partial charge in [0.05, 0.1) is 17.7 Å². The molecule has 0 spiro atoms. The highest BCUT2D eigenvalue weighted by molar-refractivity contribution is 6.16. The molecule has 0 aliphatic carbocycles. The zero-order valence-electron chi connectivity index (χ0n) is 17.1. The number of carbonyl (C=O) groups is 1. The van der Waals surface area contributed by atoms with E-state index < -0.39 is 0 Å². The maximum absolute atomic E-state index is 13.4. The molecule has 2 aromatic carbocycles. The van der Waals surface area contributed by atoms with Gasteiger partial charge in [0.15, 0.2) is 5.78 Å². The van der Waals surface area contributed by atoms with Gasteiger partial charge in [-0.25, -0.2) is 15.0 Å². The number of carbonyl (C=O) groups excluding carboxylic acids is 1. The van der Waals surface area contributed by atoms with Crippen LogP contribution in [0.2, 0.25) is 0 Å². The van der Waals surface area contributed by atoms with Crippen molar-refractivity contribution in [3.63, 3.8) is 0 Å². The number of methoxy groups -OCH3 is 1. The Kier molecular flexibility index (Phi) is 6.40. The monoisotopic (exact) mass is 411 g/mol. The van der Waals surface area contributed by atoms with Gasteiger partial charge in [-0.3, -0.25) is 4.79 Å². The van der Waals surface area contributed by atoms with Crippen molar-refractivity contribution in [2.45, 2.75) is 0 Å². The van der Waals surface area contributed by atoms with Crippen LogP contribution in [0.15, 0.2) is 79.4 Å². The largest absolute Gasteiger partial charge is 0.475 e. The van der Waals surface area contributed by atoms with E-state index in [-0.39, 0.29) is 18.3 Å². The highest BCUT2D eigenvalue weighted by Crippen LogP contribution is 2.36. The lowest BCUT2D eigenvalue weighted by molar-refractivity contribution is 0.103. The van der Waals surface area contributed by atoms with Crippen molar-refractivity contribution in [1.29, 1.82) is 0 Å². The van der Waals surface area contributed by atoms with Crippen molar-refractivity contribution in [2.24, 2.45) is 0 Å². The molecule has 4 aromatic rings. The second-order valence-corrected chi connectivity index (χ2v) is 6.76. The predicted octanol–water partition coefficient (Wildman–Crippen LogP) is 4.61. The minimum absolute atomic E-state index is 0.214. The molecule has 0 bridgehead atoms. The van der Waals surface area contributed by atoms with E-state index in [0.717, 1.165) is 27.6 Å². The van der Waals surface area contributed by atoms with E-state index in [1.54, 1.807) is 25.6 Å². The molecule has 0 amide bonds. The first kappa shape index (κ1) is 20.4. The number of ether oxygens (including phenoxy) is 2. The van der Waals surface area contributed by atoms with Gasteiger partial charge >= 0.3 is 0 Å². The SMILES string of the molecule is COCCOc1nc2ccccc2c(-c2ccccc2)c1C(=O)/C=C/c1cncnc1. The second kappa shape index (κ2) is 9.73. The van der Waals surface area contributed by atoms with Crippen LogP contribution in [0.25, 0.3) is 28.1 Å². The highest BCUT2D eigenvalue weighted by Gasteiger charge is 2.22. The Morgan fingerprint density at radius 1 is 0.968 bits per heavy atom. The summed E-state index contributed by atoms with van der Waals surface area (Å²) in [4.78, 5) is 26.1. The number of pyridine rings is 1. The molecule has 2 aromatic heterocycles. The third-order valence-electron chi connectivity index (χ3n) is 4.70. The summed E-state index contributed by atoms with van der Waals surface area (Å²) in [6, 6.07) is 17.5. The molecule has 6 heteroatoms. The quantitative estimate of drug-likeness (QED) is 0.239. The van der Waals surface area contributed by atoms with Crippen LogP contribution in [-0.2, 0) is 4.74 Å². The average Bonchev–Trinajstić information content (AvgIpc) is 2.83. The van der Waals surface area contributed by atoms with E-state index in [1.807, 2.05) is 54.6 Å². The zero-order valence-corrected chi connectivity index (χ0v) is 17.1. The van der Waals surface area contributed by atoms with Crippen molar-refractivity contribution in [2.75, 3.05) is 20.3 Å². The normalized spacial score (nSPS) is 11.1. The zero-order chi connectivity index (χ0) is 21.5. The van der Waals surface area contributed by atoms with Crippen molar-refractivity contribution in [3.8, 4) is 17.0 Å². The fourth-order valence-corrected chi connectivity index (χ4v) is 3.30. The Balaban J connectivity index is 1.90. The number of ketones is 1. The second-order valence-electron chi connectivity index (χ2n) is 6.76. The van der Waals surface area contributed by atoms with Crippen molar-refractivity contribution in [3.05, 3.63) is 90.5 Å². The number of para-hydroxylation sites is 1. The molecular formula is C25H21N3O3. The fraction of sp³-hybridized carbons (Fsp3) is 0.120. The van der Waals surface area contributed by atoms with Gasteiger partial charge in [-0.1, -0.05) is 48.5 Å². The Bertz CT molecular complexity index is 1210. The molecule has 0 aliphatic heterocycles. The minimum atomic E-state index is -0.214. The molecule has 2 heterocycles. The lowest BCUT2D eigenvalue weighted by Crippen LogP contribution is -2.11. The summed E-state index contributed by atoms with van der Waals surface area (Å²) in [5.41, 5.74) is 3.60. The summed E-state index contributed by atoms with van der Waals surface area (Å²) in [6.07, 6.45) is 7.92. The van der Waals surface area contributed by atoms with Crippen LogP contribution >= 0.6 is 0 Å². The summed E-state index contributed by atoms with van der Waals surface area (Å²) in [5, 5.41) is 0.882. The van der Waals surface area contributed by atoms with Crippen molar-refractivity contribution in [1.82, 2.24) is 15.0 Å². The maximum Gasteiger partial charge on any atom is 0.226 e. The maximum atomic E-state index is 13.4. The van der Waals surface area contributed by atoms with E-state index in [2.05, 4.69) is 15.0 Å². The third-order valence-corrected chi connectivity index (χ3v) is 4.70. The van der Waals surface area contributed by atoms with E-state index in [9.17, 15) is 4.79 Å². The Hall–Kier alpha value is -3.90. The number of rotatable bonds is 8. The predicted molar refractivity (Wildman–Crippen MR) is 120 cm³/mol. The standard InChI is InChI=1S/C25H21N3O3/c1-30-13-14-31-25-24(22(29)12-11-18-15-26-17-27-16-18)23(19-7-3-2-4-8-19)20-9-5-6-10-21(20)28-25/h2-12,15-17H,13-14H2,1H3/b12-11+. The van der Waals surface area contributed by atoms with Gasteiger partial charge in [0.2, 0.25) is 5.88 Å². The Morgan fingerprint density at radius 2 is 1.71 bits per heavy atom. The Labute approximate surface area is 180 Å². The number of aromatic nitrogens is 3. The van der Waals surface area contributed by atoms with Gasteiger partial charge < -0.3 is 9.47 Å². The lowest BCUT2D eigenvalue weighted by Gasteiger charge is -2.16. The first-order chi connectivity index (χ1) is 15.3. The summed E-state index contributed by atoms with van der Waals surface area (Å²) in [6.45, 7) is 0.673. The molecule has 0 N–H and O–H groups in total. The van der Waals surface area contributed by atoms with Gasteiger partial charge in [0.25, 0.3) is 0 Å². The molecule has 0 saturated heterocycles. The molecule has 0 aliphatic rings. The van der Waals surface area contributed by atoms with Crippen LogP contribution in [0, 0.1) is 0 Å². The van der Waals surface area contributed by atoms with Crippen LogP contribution in [0.4, 0.5) is 0 Å². The number of benzene rings is 2. The highest BCUT2D eigenvalue weighted by atomic mass is 16.5. The number of allylic oxidation sites excluding steroid dienone is 1. The van der Waals surface area contributed by atoms with Gasteiger partial charge in [-0.05, 0) is 23.8 Å². The molecule has 0 atom stereocenters. The Morgan fingerprint density at radius 3 is 2.48 bits per heavy atom. The number of nitrogens with zero attached hydrogens (tertiary/aromatic N) is 3. The van der Waals surface area contributed by atoms with Gasteiger partial charge in [0, 0.05) is 36.0 Å². The van der Waals surface area contributed by atoms with Crippen molar-refractivity contribution >= 4 is 22.8 Å². The number of fused-ring (bicyclic) bond motifs is 1. The molecular weight excluding hydrogens is 390 g/mol. The topological polar surface area (TPSA) is 74.2 Å². The van der Waals surface area contributed by atoms with Crippen molar-refractivity contribution < 1.29 is 14.3 Å². The number of hydrogen-bond donors (Lipinski definition) is 0. The van der Waals surface area contributed by atoms with Gasteiger partial charge in [-0.2, -0.15) is 0 Å². The smallest absolute Gasteiger partial charge is 0.226 e.